The van der Waals surface area contributed by atoms with Crippen molar-refractivity contribution in [2.24, 2.45) is 5.10 Å². The van der Waals surface area contributed by atoms with Gasteiger partial charge in [0.2, 0.25) is 0 Å². The number of hydrogen-bond acceptors (Lipinski definition) is 4. The summed E-state index contributed by atoms with van der Waals surface area (Å²) in [7, 11) is 1.61. The Morgan fingerprint density at radius 3 is 2.72 bits per heavy atom. The van der Waals surface area contributed by atoms with Crippen molar-refractivity contribution >= 4 is 23.5 Å². The molecule has 6 heteroatoms. The molecule has 0 saturated carbocycles. The number of benzene rings is 2. The topological polar surface area (TPSA) is 54.9 Å². The molecule has 2 aromatic carbocycles. The molecule has 5 nitrogen and oxygen atoms in total. The molecule has 0 unspecified atom stereocenters. The Balaban J connectivity index is 1.96. The SMILES string of the molecule is C=CCNC(=S)N/N=C\c1ccc(OCc2ccccc2)c(OC)c1. The molecule has 2 aromatic rings. The first-order valence-corrected chi connectivity index (χ1v) is 8.16. The Labute approximate surface area is 153 Å². The third-order valence-electron chi connectivity index (χ3n) is 3.21. The molecule has 0 fully saturated rings. The minimum absolute atomic E-state index is 0.436. The van der Waals surface area contributed by atoms with Crippen LogP contribution in [0.3, 0.4) is 0 Å². The summed E-state index contributed by atoms with van der Waals surface area (Å²) in [6.45, 7) is 4.68. The summed E-state index contributed by atoms with van der Waals surface area (Å²) in [5.41, 5.74) is 4.70. The van der Waals surface area contributed by atoms with Gasteiger partial charge in [0.25, 0.3) is 0 Å². The third kappa shape index (κ3) is 6.27. The number of ether oxygens (including phenoxy) is 2. The van der Waals surface area contributed by atoms with E-state index >= 15 is 0 Å². The van der Waals surface area contributed by atoms with E-state index in [4.69, 9.17) is 21.7 Å². The standard InChI is InChI=1S/C19H21N3O2S/c1-3-11-20-19(25)22-21-13-16-9-10-17(18(12-16)23-2)24-14-15-7-5-4-6-8-15/h3-10,12-13H,1,11,14H2,2H3,(H2,20,22,25)/b21-13-. The molecule has 2 rings (SSSR count). The fraction of sp³-hybridized carbons (Fsp3) is 0.158. The van der Waals surface area contributed by atoms with Crippen LogP contribution in [0.2, 0.25) is 0 Å². The van der Waals surface area contributed by atoms with Crippen molar-refractivity contribution in [3.05, 3.63) is 72.3 Å². The lowest BCUT2D eigenvalue weighted by Gasteiger charge is -2.11. The summed E-state index contributed by atoms with van der Waals surface area (Å²) in [5, 5.41) is 7.45. The van der Waals surface area contributed by atoms with E-state index < -0.39 is 0 Å². The fourth-order valence-corrected chi connectivity index (χ4v) is 2.12. The lowest BCUT2D eigenvalue weighted by atomic mass is 10.2. The summed E-state index contributed by atoms with van der Waals surface area (Å²) in [4.78, 5) is 0. The molecule has 25 heavy (non-hydrogen) atoms. The van der Waals surface area contributed by atoms with Crippen LogP contribution in [0, 0.1) is 0 Å². The molecule has 0 saturated heterocycles. The average Bonchev–Trinajstić information content (AvgIpc) is 2.66. The van der Waals surface area contributed by atoms with Crippen LogP contribution in [-0.2, 0) is 6.61 Å². The van der Waals surface area contributed by atoms with Crippen molar-refractivity contribution < 1.29 is 9.47 Å². The van der Waals surface area contributed by atoms with Gasteiger partial charge in [-0.3, -0.25) is 5.43 Å². The summed E-state index contributed by atoms with van der Waals surface area (Å²) >= 11 is 5.06. The van der Waals surface area contributed by atoms with Crippen LogP contribution >= 0.6 is 12.2 Å². The highest BCUT2D eigenvalue weighted by Crippen LogP contribution is 2.28. The first-order valence-electron chi connectivity index (χ1n) is 7.75. The fourth-order valence-electron chi connectivity index (χ4n) is 1.99. The van der Waals surface area contributed by atoms with Gasteiger partial charge in [-0.1, -0.05) is 36.4 Å². The molecule has 0 atom stereocenters. The Kier molecular flexibility index (Phi) is 7.46. The molecule has 0 bridgehead atoms. The van der Waals surface area contributed by atoms with Gasteiger partial charge < -0.3 is 14.8 Å². The van der Waals surface area contributed by atoms with E-state index in [0.29, 0.717) is 29.8 Å². The highest BCUT2D eigenvalue weighted by atomic mass is 32.1. The monoisotopic (exact) mass is 355 g/mol. The van der Waals surface area contributed by atoms with E-state index in [1.807, 2.05) is 48.5 Å². The van der Waals surface area contributed by atoms with Gasteiger partial charge in [0.1, 0.15) is 6.61 Å². The second-order valence-corrected chi connectivity index (χ2v) is 5.46. The maximum Gasteiger partial charge on any atom is 0.187 e. The van der Waals surface area contributed by atoms with Crippen molar-refractivity contribution in [1.29, 1.82) is 0 Å². The number of hydrazone groups is 1. The maximum atomic E-state index is 5.83. The quantitative estimate of drug-likeness (QED) is 0.329. The summed E-state index contributed by atoms with van der Waals surface area (Å²) in [5.74, 6) is 1.33. The van der Waals surface area contributed by atoms with E-state index in [0.717, 1.165) is 11.1 Å². The zero-order valence-electron chi connectivity index (χ0n) is 14.1. The normalized spacial score (nSPS) is 10.3. The molecule has 0 amide bonds. The molecule has 130 valence electrons. The summed E-state index contributed by atoms with van der Waals surface area (Å²) in [6.07, 6.45) is 3.38. The molecule has 0 heterocycles. The molecular formula is C19H21N3O2S. The van der Waals surface area contributed by atoms with Gasteiger partial charge in [-0.15, -0.1) is 6.58 Å². The molecule has 2 N–H and O–H groups in total. The van der Waals surface area contributed by atoms with Gasteiger partial charge in [-0.25, -0.2) is 0 Å². The Bertz CT molecular complexity index is 733. The van der Waals surface area contributed by atoms with Crippen LogP contribution in [0.4, 0.5) is 0 Å². The van der Waals surface area contributed by atoms with Crippen LogP contribution in [0.5, 0.6) is 11.5 Å². The zero-order chi connectivity index (χ0) is 17.9. The predicted octanol–water partition coefficient (Wildman–Crippen LogP) is 3.26. The van der Waals surface area contributed by atoms with E-state index in [1.165, 1.54) is 0 Å². The molecular weight excluding hydrogens is 334 g/mol. The third-order valence-corrected chi connectivity index (χ3v) is 3.45. The summed E-state index contributed by atoms with van der Waals surface area (Å²) in [6, 6.07) is 15.6. The van der Waals surface area contributed by atoms with Crippen LogP contribution in [0.25, 0.3) is 0 Å². The van der Waals surface area contributed by atoms with E-state index in [2.05, 4.69) is 22.4 Å². The average molecular weight is 355 g/mol. The Morgan fingerprint density at radius 2 is 2.00 bits per heavy atom. The van der Waals surface area contributed by atoms with Crippen molar-refractivity contribution in [2.45, 2.75) is 6.61 Å². The van der Waals surface area contributed by atoms with Crippen molar-refractivity contribution in [1.82, 2.24) is 10.7 Å². The highest BCUT2D eigenvalue weighted by Gasteiger charge is 2.05. The Morgan fingerprint density at radius 1 is 1.20 bits per heavy atom. The first kappa shape index (κ1) is 18.5. The number of rotatable bonds is 8. The van der Waals surface area contributed by atoms with Gasteiger partial charge in [0, 0.05) is 6.54 Å². The summed E-state index contributed by atoms with van der Waals surface area (Å²) < 4.78 is 11.2. The highest BCUT2D eigenvalue weighted by molar-refractivity contribution is 7.80. The van der Waals surface area contributed by atoms with Crippen molar-refractivity contribution in [3.8, 4) is 11.5 Å². The largest absolute Gasteiger partial charge is 0.493 e. The van der Waals surface area contributed by atoms with E-state index in [1.54, 1.807) is 19.4 Å². The molecule has 0 aliphatic rings. The van der Waals surface area contributed by atoms with Crippen LogP contribution in [-0.4, -0.2) is 25.0 Å². The number of methoxy groups -OCH3 is 1. The van der Waals surface area contributed by atoms with Gasteiger partial charge >= 0.3 is 0 Å². The molecule has 0 aliphatic heterocycles. The molecule has 0 radical (unpaired) electrons. The van der Waals surface area contributed by atoms with E-state index in [-0.39, 0.29) is 0 Å². The number of hydrogen-bond donors (Lipinski definition) is 2. The van der Waals surface area contributed by atoms with E-state index in [9.17, 15) is 0 Å². The van der Waals surface area contributed by atoms with Crippen molar-refractivity contribution in [3.63, 3.8) is 0 Å². The lowest BCUT2D eigenvalue weighted by molar-refractivity contribution is 0.284. The maximum absolute atomic E-state index is 5.83. The van der Waals surface area contributed by atoms with Crippen LogP contribution in [0.15, 0.2) is 66.3 Å². The lowest BCUT2D eigenvalue weighted by Crippen LogP contribution is -2.31. The van der Waals surface area contributed by atoms with Gasteiger partial charge in [0.05, 0.1) is 13.3 Å². The molecule has 0 aliphatic carbocycles. The van der Waals surface area contributed by atoms with Gasteiger partial charge in [-0.2, -0.15) is 5.10 Å². The second-order valence-electron chi connectivity index (χ2n) is 5.05. The minimum atomic E-state index is 0.436. The predicted molar refractivity (Wildman–Crippen MR) is 105 cm³/mol. The number of nitrogens with one attached hydrogen (secondary N) is 2. The smallest absolute Gasteiger partial charge is 0.187 e. The minimum Gasteiger partial charge on any atom is -0.493 e. The molecule has 0 aromatic heterocycles. The van der Waals surface area contributed by atoms with Crippen LogP contribution < -0.4 is 20.2 Å². The second kappa shape index (κ2) is 10.1. The zero-order valence-corrected chi connectivity index (χ0v) is 14.9. The molecule has 0 spiro atoms. The van der Waals surface area contributed by atoms with Gasteiger partial charge in [-0.05, 0) is 41.5 Å². The number of thiocarbonyl (C=S) groups is 1. The first-order chi connectivity index (χ1) is 12.2. The Hall–Kier alpha value is -2.86. The van der Waals surface area contributed by atoms with Crippen molar-refractivity contribution in [2.75, 3.05) is 13.7 Å². The number of nitrogens with zero attached hydrogens (tertiary/aromatic N) is 1. The van der Waals surface area contributed by atoms with Gasteiger partial charge in [0.15, 0.2) is 16.6 Å². The van der Waals surface area contributed by atoms with Crippen LogP contribution in [0.1, 0.15) is 11.1 Å².